The van der Waals surface area contributed by atoms with Crippen LogP contribution in [0.15, 0.2) is 18.2 Å². The van der Waals surface area contributed by atoms with Crippen molar-refractivity contribution in [3.63, 3.8) is 0 Å². The summed E-state index contributed by atoms with van der Waals surface area (Å²) < 4.78 is 5.62. The van der Waals surface area contributed by atoms with Crippen LogP contribution in [-0.4, -0.2) is 25.1 Å². The molecule has 0 radical (unpaired) electrons. The van der Waals surface area contributed by atoms with Crippen LogP contribution < -0.4 is 15.8 Å². The highest BCUT2D eigenvalue weighted by atomic mass is 16.5. The van der Waals surface area contributed by atoms with E-state index in [4.69, 9.17) is 10.5 Å². The third-order valence-electron chi connectivity index (χ3n) is 3.55. The van der Waals surface area contributed by atoms with Gasteiger partial charge in [-0.05, 0) is 43.7 Å². The van der Waals surface area contributed by atoms with E-state index in [2.05, 4.69) is 5.32 Å². The van der Waals surface area contributed by atoms with Gasteiger partial charge in [-0.25, -0.2) is 0 Å². The number of carbonyl (C=O) groups excluding carboxylic acids is 1. The highest BCUT2D eigenvalue weighted by molar-refractivity contribution is 5.78. The number of nitrogens with one attached hydrogen (secondary N) is 1. The van der Waals surface area contributed by atoms with Crippen molar-refractivity contribution in [1.82, 2.24) is 5.32 Å². The van der Waals surface area contributed by atoms with E-state index in [1.165, 1.54) is 12.8 Å². The van der Waals surface area contributed by atoms with Crippen LogP contribution in [0.4, 0.5) is 0 Å². The molecule has 1 aromatic rings. The van der Waals surface area contributed by atoms with E-state index in [9.17, 15) is 4.79 Å². The first kappa shape index (κ1) is 13.9. The fraction of sp³-hybridized carbons (Fsp3) is 0.533. The highest BCUT2D eigenvalue weighted by Crippen LogP contribution is 2.32. The van der Waals surface area contributed by atoms with E-state index >= 15 is 0 Å². The Kier molecular flexibility index (Phi) is 4.43. The summed E-state index contributed by atoms with van der Waals surface area (Å²) in [5.41, 5.74) is 7.76. The van der Waals surface area contributed by atoms with Crippen molar-refractivity contribution in [2.24, 2.45) is 11.7 Å². The van der Waals surface area contributed by atoms with Crippen LogP contribution in [0.25, 0.3) is 0 Å². The Hall–Kier alpha value is -1.55. The molecule has 4 nitrogen and oxygen atoms in total. The minimum Gasteiger partial charge on any atom is -0.483 e. The SMILES string of the molecule is Cc1cccc(C)c1OCC(=O)NC(CN)C1CC1. The van der Waals surface area contributed by atoms with E-state index in [0.717, 1.165) is 16.9 Å². The number of para-hydroxylation sites is 1. The van der Waals surface area contributed by atoms with Gasteiger partial charge in [-0.2, -0.15) is 0 Å². The molecule has 0 bridgehead atoms. The summed E-state index contributed by atoms with van der Waals surface area (Å²) >= 11 is 0. The van der Waals surface area contributed by atoms with Gasteiger partial charge < -0.3 is 15.8 Å². The normalized spacial score (nSPS) is 15.9. The number of hydrogen-bond acceptors (Lipinski definition) is 3. The molecule has 0 saturated heterocycles. The average molecular weight is 262 g/mol. The van der Waals surface area contributed by atoms with Crippen LogP contribution in [0.3, 0.4) is 0 Å². The minimum atomic E-state index is -0.0926. The number of nitrogens with two attached hydrogens (primary N) is 1. The first-order valence-corrected chi connectivity index (χ1v) is 6.80. The summed E-state index contributed by atoms with van der Waals surface area (Å²) in [7, 11) is 0. The zero-order valence-electron chi connectivity index (χ0n) is 11.6. The quantitative estimate of drug-likeness (QED) is 0.817. The molecule has 1 aromatic carbocycles. The molecule has 1 aliphatic rings. The molecule has 1 aliphatic carbocycles. The Labute approximate surface area is 114 Å². The molecule has 19 heavy (non-hydrogen) atoms. The molecule has 1 atom stereocenters. The van der Waals surface area contributed by atoms with Crippen LogP contribution in [0.5, 0.6) is 5.75 Å². The Morgan fingerprint density at radius 2 is 2.05 bits per heavy atom. The summed E-state index contributed by atoms with van der Waals surface area (Å²) in [6.07, 6.45) is 2.33. The Balaban J connectivity index is 1.86. The van der Waals surface area contributed by atoms with E-state index in [0.29, 0.717) is 12.5 Å². The van der Waals surface area contributed by atoms with E-state index in [-0.39, 0.29) is 18.6 Å². The molecule has 0 aliphatic heterocycles. The highest BCUT2D eigenvalue weighted by Gasteiger charge is 2.31. The second kappa shape index (κ2) is 6.06. The molecule has 4 heteroatoms. The molecule has 1 fully saturated rings. The standard InChI is InChI=1S/C15H22N2O2/c1-10-4-3-5-11(2)15(10)19-9-14(18)17-13(8-16)12-6-7-12/h3-5,12-13H,6-9,16H2,1-2H3,(H,17,18). The lowest BCUT2D eigenvalue weighted by molar-refractivity contribution is -0.123. The summed E-state index contributed by atoms with van der Waals surface area (Å²) in [5, 5.41) is 2.95. The van der Waals surface area contributed by atoms with Crippen molar-refractivity contribution in [3.8, 4) is 5.75 Å². The number of carbonyl (C=O) groups is 1. The maximum Gasteiger partial charge on any atom is 0.258 e. The van der Waals surface area contributed by atoms with Crippen molar-refractivity contribution < 1.29 is 9.53 Å². The lowest BCUT2D eigenvalue weighted by Crippen LogP contribution is -2.43. The largest absolute Gasteiger partial charge is 0.483 e. The topological polar surface area (TPSA) is 64.3 Å². The average Bonchev–Trinajstić information content (AvgIpc) is 3.19. The van der Waals surface area contributed by atoms with Gasteiger partial charge in [-0.3, -0.25) is 4.79 Å². The Bertz CT molecular complexity index is 435. The molecule has 0 spiro atoms. The van der Waals surface area contributed by atoms with Crippen molar-refractivity contribution >= 4 is 5.91 Å². The molecule has 1 saturated carbocycles. The number of amides is 1. The van der Waals surface area contributed by atoms with E-state index in [1.807, 2.05) is 32.0 Å². The fourth-order valence-corrected chi connectivity index (χ4v) is 2.28. The number of ether oxygens (including phenoxy) is 1. The fourth-order valence-electron chi connectivity index (χ4n) is 2.28. The van der Waals surface area contributed by atoms with Gasteiger partial charge in [0.2, 0.25) is 0 Å². The maximum absolute atomic E-state index is 11.8. The number of hydrogen-bond donors (Lipinski definition) is 2. The molecule has 0 aromatic heterocycles. The molecule has 0 heterocycles. The second-order valence-electron chi connectivity index (χ2n) is 5.26. The van der Waals surface area contributed by atoms with Crippen LogP contribution in [0.2, 0.25) is 0 Å². The lowest BCUT2D eigenvalue weighted by atomic mass is 10.1. The van der Waals surface area contributed by atoms with Crippen LogP contribution in [0, 0.1) is 19.8 Å². The second-order valence-corrected chi connectivity index (χ2v) is 5.26. The van der Waals surface area contributed by atoms with Crippen molar-refractivity contribution in [2.45, 2.75) is 32.7 Å². The third kappa shape index (κ3) is 3.70. The third-order valence-corrected chi connectivity index (χ3v) is 3.55. The van der Waals surface area contributed by atoms with Gasteiger partial charge in [0.05, 0.1) is 0 Å². The number of rotatable bonds is 6. The maximum atomic E-state index is 11.8. The summed E-state index contributed by atoms with van der Waals surface area (Å²) in [4.78, 5) is 11.8. The molecule has 2 rings (SSSR count). The molecule has 1 amide bonds. The summed E-state index contributed by atoms with van der Waals surface area (Å²) in [6, 6.07) is 6.05. The first-order chi connectivity index (χ1) is 9.11. The van der Waals surface area contributed by atoms with Gasteiger partial charge in [0, 0.05) is 12.6 Å². The van der Waals surface area contributed by atoms with E-state index < -0.39 is 0 Å². The zero-order valence-corrected chi connectivity index (χ0v) is 11.6. The zero-order chi connectivity index (χ0) is 13.8. The van der Waals surface area contributed by atoms with Crippen LogP contribution in [0.1, 0.15) is 24.0 Å². The van der Waals surface area contributed by atoms with Gasteiger partial charge in [-0.1, -0.05) is 18.2 Å². The molecule has 1 unspecified atom stereocenters. The van der Waals surface area contributed by atoms with Gasteiger partial charge in [0.15, 0.2) is 6.61 Å². The summed E-state index contributed by atoms with van der Waals surface area (Å²) in [5.74, 6) is 1.27. The predicted molar refractivity (Wildman–Crippen MR) is 75.1 cm³/mol. The Morgan fingerprint density at radius 1 is 1.42 bits per heavy atom. The number of aryl methyl sites for hydroxylation is 2. The van der Waals surface area contributed by atoms with Gasteiger partial charge in [0.25, 0.3) is 5.91 Å². The first-order valence-electron chi connectivity index (χ1n) is 6.80. The predicted octanol–water partition coefficient (Wildman–Crippen LogP) is 1.54. The molecular weight excluding hydrogens is 240 g/mol. The minimum absolute atomic E-state index is 0.0505. The number of benzene rings is 1. The summed E-state index contributed by atoms with van der Waals surface area (Å²) in [6.45, 7) is 4.51. The van der Waals surface area contributed by atoms with Gasteiger partial charge in [-0.15, -0.1) is 0 Å². The molecule has 104 valence electrons. The van der Waals surface area contributed by atoms with Crippen molar-refractivity contribution in [2.75, 3.05) is 13.2 Å². The smallest absolute Gasteiger partial charge is 0.258 e. The molecule has 3 N–H and O–H groups in total. The van der Waals surface area contributed by atoms with Gasteiger partial charge >= 0.3 is 0 Å². The lowest BCUT2D eigenvalue weighted by Gasteiger charge is -2.17. The monoisotopic (exact) mass is 262 g/mol. The Morgan fingerprint density at radius 3 is 2.58 bits per heavy atom. The van der Waals surface area contributed by atoms with Crippen LogP contribution >= 0.6 is 0 Å². The van der Waals surface area contributed by atoms with Gasteiger partial charge in [0.1, 0.15) is 5.75 Å². The van der Waals surface area contributed by atoms with E-state index in [1.54, 1.807) is 0 Å². The van der Waals surface area contributed by atoms with Crippen molar-refractivity contribution in [1.29, 1.82) is 0 Å². The van der Waals surface area contributed by atoms with Crippen LogP contribution in [-0.2, 0) is 4.79 Å². The van der Waals surface area contributed by atoms with Crippen molar-refractivity contribution in [3.05, 3.63) is 29.3 Å². The molecular formula is C15H22N2O2.